The number of aromatic nitrogens is 2. The zero-order valence-corrected chi connectivity index (χ0v) is 15.5. The number of primary sulfonamides is 1. The highest BCUT2D eigenvalue weighted by atomic mass is 32.2. The van der Waals surface area contributed by atoms with Gasteiger partial charge in [-0.2, -0.15) is 0 Å². The first-order chi connectivity index (χ1) is 12.9. The molecule has 0 unspecified atom stereocenters. The molecule has 3 N–H and O–H groups in total. The predicted octanol–water partition coefficient (Wildman–Crippen LogP) is 3.51. The summed E-state index contributed by atoms with van der Waals surface area (Å²) in [6.07, 6.45) is 0. The molecule has 6 nitrogen and oxygen atoms in total. The van der Waals surface area contributed by atoms with Crippen LogP contribution in [0.5, 0.6) is 5.75 Å². The summed E-state index contributed by atoms with van der Waals surface area (Å²) in [6.45, 7) is 0. The molecular formula is C19H13N3O3S2. The van der Waals surface area contributed by atoms with Crippen LogP contribution in [0.3, 0.4) is 0 Å². The van der Waals surface area contributed by atoms with Crippen molar-refractivity contribution in [1.82, 2.24) is 9.55 Å². The normalized spacial score (nSPS) is 12.9. The monoisotopic (exact) mass is 395 g/mol. The van der Waals surface area contributed by atoms with Gasteiger partial charge in [-0.3, -0.25) is 4.57 Å². The number of rotatable bonds is 2. The number of nitrogens with two attached hydrogens (primary N) is 1. The third kappa shape index (κ3) is 2.53. The van der Waals surface area contributed by atoms with Crippen molar-refractivity contribution < 1.29 is 13.5 Å². The molecule has 5 rings (SSSR count). The van der Waals surface area contributed by atoms with Gasteiger partial charge in [-0.25, -0.2) is 18.5 Å². The van der Waals surface area contributed by atoms with E-state index in [0.29, 0.717) is 11.3 Å². The molecule has 4 aromatic rings. The molecule has 0 aliphatic carbocycles. The fourth-order valence-electron chi connectivity index (χ4n) is 3.28. The summed E-state index contributed by atoms with van der Waals surface area (Å²) >= 11 is 1.50. The molecule has 0 saturated carbocycles. The smallest absolute Gasteiger partial charge is 0.238 e. The van der Waals surface area contributed by atoms with Crippen LogP contribution in [0.2, 0.25) is 0 Å². The van der Waals surface area contributed by atoms with Crippen molar-refractivity contribution in [3.63, 3.8) is 0 Å². The maximum Gasteiger partial charge on any atom is 0.238 e. The first-order valence-corrected chi connectivity index (χ1v) is 10.4. The highest BCUT2D eigenvalue weighted by Crippen LogP contribution is 2.45. The zero-order chi connectivity index (χ0) is 18.8. The molecule has 0 radical (unpaired) electrons. The van der Waals surface area contributed by atoms with Crippen LogP contribution in [-0.4, -0.2) is 23.1 Å². The molecule has 134 valence electrons. The summed E-state index contributed by atoms with van der Waals surface area (Å²) in [7, 11) is -3.85. The highest BCUT2D eigenvalue weighted by molar-refractivity contribution is 7.99. The Balaban J connectivity index is 1.91. The van der Waals surface area contributed by atoms with Crippen LogP contribution in [0.25, 0.3) is 28.1 Å². The highest BCUT2D eigenvalue weighted by Gasteiger charge is 2.26. The second-order valence-corrected chi connectivity index (χ2v) is 8.87. The number of nitrogens with zero attached hydrogens (tertiary/aromatic N) is 2. The Kier molecular flexibility index (Phi) is 3.39. The van der Waals surface area contributed by atoms with Crippen molar-refractivity contribution in [3.05, 3.63) is 60.7 Å². The number of para-hydroxylation sites is 1. The quantitative estimate of drug-likeness (QED) is 0.477. The minimum Gasteiger partial charge on any atom is -0.508 e. The average molecular weight is 395 g/mol. The zero-order valence-electron chi connectivity index (χ0n) is 13.8. The Morgan fingerprint density at radius 1 is 1.00 bits per heavy atom. The van der Waals surface area contributed by atoms with E-state index in [0.717, 1.165) is 26.6 Å². The van der Waals surface area contributed by atoms with Crippen molar-refractivity contribution in [2.45, 2.75) is 14.7 Å². The fraction of sp³-hybridized carbons (Fsp3) is 0. The molecule has 0 atom stereocenters. The molecule has 1 aliphatic rings. The first-order valence-electron chi connectivity index (χ1n) is 8.08. The second-order valence-electron chi connectivity index (χ2n) is 6.22. The lowest BCUT2D eigenvalue weighted by Gasteiger charge is -2.20. The van der Waals surface area contributed by atoms with Crippen LogP contribution in [0.1, 0.15) is 0 Å². The Bertz CT molecular complexity index is 1330. The van der Waals surface area contributed by atoms with Crippen molar-refractivity contribution >= 4 is 32.8 Å². The van der Waals surface area contributed by atoms with Crippen LogP contribution in [0.4, 0.5) is 0 Å². The molecule has 0 fully saturated rings. The molecule has 0 amide bonds. The van der Waals surface area contributed by atoms with E-state index in [9.17, 15) is 13.5 Å². The summed E-state index contributed by atoms with van der Waals surface area (Å²) in [4.78, 5) is 6.53. The SMILES string of the molecule is NS(=O)(=O)c1cc2c3c(c1)nc(-c1ccc(O)cc1)n3-c1ccccc1S2. The molecular weight excluding hydrogens is 382 g/mol. The molecule has 0 saturated heterocycles. The average Bonchev–Trinajstić information content (AvgIpc) is 3.02. The lowest BCUT2D eigenvalue weighted by Crippen LogP contribution is -2.12. The van der Waals surface area contributed by atoms with E-state index in [1.165, 1.54) is 17.8 Å². The Hall–Kier alpha value is -2.81. The summed E-state index contributed by atoms with van der Waals surface area (Å²) in [5.41, 5.74) is 3.19. The number of sulfonamides is 1. The van der Waals surface area contributed by atoms with Gasteiger partial charge in [-0.15, -0.1) is 0 Å². The van der Waals surface area contributed by atoms with Gasteiger partial charge in [0.1, 0.15) is 11.6 Å². The lowest BCUT2D eigenvalue weighted by atomic mass is 10.2. The summed E-state index contributed by atoms with van der Waals surface area (Å²) in [5.74, 6) is 0.840. The minimum atomic E-state index is -3.85. The van der Waals surface area contributed by atoms with Gasteiger partial charge in [-0.05, 0) is 48.5 Å². The number of imidazole rings is 1. The van der Waals surface area contributed by atoms with Crippen molar-refractivity contribution in [2.24, 2.45) is 5.14 Å². The van der Waals surface area contributed by atoms with Gasteiger partial charge in [0, 0.05) is 15.4 Å². The van der Waals surface area contributed by atoms with Crippen LogP contribution in [0.15, 0.2) is 75.4 Å². The molecule has 27 heavy (non-hydrogen) atoms. The van der Waals surface area contributed by atoms with Crippen molar-refractivity contribution in [1.29, 1.82) is 0 Å². The van der Waals surface area contributed by atoms with Gasteiger partial charge in [0.15, 0.2) is 0 Å². The largest absolute Gasteiger partial charge is 0.508 e. The Labute approximate surface area is 159 Å². The van der Waals surface area contributed by atoms with Crippen LogP contribution >= 0.6 is 11.8 Å². The molecule has 1 aliphatic heterocycles. The van der Waals surface area contributed by atoms with Gasteiger partial charge in [-0.1, -0.05) is 23.9 Å². The van der Waals surface area contributed by atoms with Crippen LogP contribution in [0, 0.1) is 0 Å². The van der Waals surface area contributed by atoms with Crippen molar-refractivity contribution in [3.8, 4) is 22.8 Å². The number of aromatic hydroxyl groups is 1. The maximum absolute atomic E-state index is 11.9. The number of benzene rings is 3. The topological polar surface area (TPSA) is 98.2 Å². The third-order valence-electron chi connectivity index (χ3n) is 4.47. The molecule has 0 spiro atoms. The first kappa shape index (κ1) is 16.4. The molecule has 1 aromatic heterocycles. The van der Waals surface area contributed by atoms with Gasteiger partial charge in [0.05, 0.1) is 21.6 Å². The molecule has 8 heteroatoms. The summed E-state index contributed by atoms with van der Waals surface area (Å²) in [6, 6.07) is 17.7. The van der Waals surface area contributed by atoms with E-state index in [4.69, 9.17) is 10.1 Å². The second kappa shape index (κ2) is 5.59. The fourth-order valence-corrected chi connectivity index (χ4v) is 5.03. The number of hydrogen-bond donors (Lipinski definition) is 2. The van der Waals surface area contributed by atoms with Crippen LogP contribution in [-0.2, 0) is 10.0 Å². The molecule has 3 aromatic carbocycles. The minimum absolute atomic E-state index is 0.0405. The van der Waals surface area contributed by atoms with Crippen LogP contribution < -0.4 is 5.14 Å². The standard InChI is InChI=1S/C19H13N3O3S2/c20-27(24,25)13-9-14-18-17(10-13)26-16-4-2-1-3-15(16)22(18)19(21-14)11-5-7-12(23)8-6-11/h1-10,23H,(H2,20,24,25). The van der Waals surface area contributed by atoms with Gasteiger partial charge < -0.3 is 5.11 Å². The van der Waals surface area contributed by atoms with E-state index in [-0.39, 0.29) is 10.6 Å². The maximum atomic E-state index is 11.9. The molecule has 2 heterocycles. The number of hydrogen-bond acceptors (Lipinski definition) is 5. The molecule has 0 bridgehead atoms. The van der Waals surface area contributed by atoms with E-state index in [1.54, 1.807) is 30.3 Å². The number of phenols is 1. The number of phenolic OH excluding ortho intramolecular Hbond substituents is 1. The Morgan fingerprint density at radius 2 is 1.74 bits per heavy atom. The van der Waals surface area contributed by atoms with E-state index < -0.39 is 10.0 Å². The lowest BCUT2D eigenvalue weighted by molar-refractivity contribution is 0.475. The number of fused-ring (bicyclic) bond motifs is 2. The van der Waals surface area contributed by atoms with Crippen molar-refractivity contribution in [2.75, 3.05) is 0 Å². The summed E-state index contributed by atoms with van der Waals surface area (Å²) < 4.78 is 25.9. The predicted molar refractivity (Wildman–Crippen MR) is 104 cm³/mol. The van der Waals surface area contributed by atoms with Gasteiger partial charge in [0.25, 0.3) is 0 Å². The van der Waals surface area contributed by atoms with E-state index >= 15 is 0 Å². The van der Waals surface area contributed by atoms with Gasteiger partial charge >= 0.3 is 0 Å². The van der Waals surface area contributed by atoms with Gasteiger partial charge in [0.2, 0.25) is 10.0 Å². The van der Waals surface area contributed by atoms with E-state index in [2.05, 4.69) is 0 Å². The summed E-state index contributed by atoms with van der Waals surface area (Å²) in [5, 5.41) is 15.0. The van der Waals surface area contributed by atoms with E-state index in [1.807, 2.05) is 28.8 Å². The Morgan fingerprint density at radius 3 is 2.48 bits per heavy atom. The third-order valence-corrected chi connectivity index (χ3v) is 6.46.